The molecule has 0 unspecified atom stereocenters. The molecule has 5 nitrogen and oxygen atoms in total. The molecule has 0 bridgehead atoms. The van der Waals surface area contributed by atoms with Gasteiger partial charge in [0.2, 0.25) is 5.91 Å². The summed E-state index contributed by atoms with van der Waals surface area (Å²) in [7, 11) is 0. The van der Waals surface area contributed by atoms with Crippen molar-refractivity contribution in [3.63, 3.8) is 0 Å². The number of carbonyl (C=O) groups excluding carboxylic acids is 1. The molecule has 1 amide bonds. The summed E-state index contributed by atoms with van der Waals surface area (Å²) in [5, 5.41) is 7.67. The first-order chi connectivity index (χ1) is 10.6. The number of aromatic nitrogens is 2. The fourth-order valence-corrected chi connectivity index (χ4v) is 3.20. The van der Waals surface area contributed by atoms with Gasteiger partial charge >= 0.3 is 0 Å². The molecule has 2 heterocycles. The molecule has 2 aromatic rings. The van der Waals surface area contributed by atoms with E-state index in [9.17, 15) is 4.79 Å². The first-order valence-corrected chi connectivity index (χ1v) is 7.71. The van der Waals surface area contributed by atoms with Crippen LogP contribution < -0.4 is 5.32 Å². The molecule has 1 fully saturated rings. The van der Waals surface area contributed by atoms with Crippen LogP contribution >= 0.6 is 0 Å². The lowest BCUT2D eigenvalue weighted by Gasteiger charge is -2.23. The van der Waals surface area contributed by atoms with Crippen molar-refractivity contribution in [2.75, 3.05) is 6.54 Å². The summed E-state index contributed by atoms with van der Waals surface area (Å²) in [4.78, 5) is 14.1. The Morgan fingerprint density at radius 1 is 1.27 bits per heavy atom. The lowest BCUT2D eigenvalue weighted by Crippen LogP contribution is -2.28. The van der Waals surface area contributed by atoms with E-state index in [4.69, 9.17) is 0 Å². The molecule has 1 saturated heterocycles. The molecule has 1 aliphatic rings. The zero-order valence-corrected chi connectivity index (χ0v) is 13.3. The van der Waals surface area contributed by atoms with Crippen molar-refractivity contribution in [3.8, 4) is 0 Å². The SMILES string of the molecule is CCn1nc(C)c([C@H]2NC(=O)CN2Cc2ccccc2)c1C. The second-order valence-corrected chi connectivity index (χ2v) is 5.76. The number of amides is 1. The molecule has 1 aromatic carbocycles. The molecule has 5 heteroatoms. The number of hydrogen-bond donors (Lipinski definition) is 1. The summed E-state index contributed by atoms with van der Waals surface area (Å²) >= 11 is 0. The van der Waals surface area contributed by atoms with E-state index in [1.807, 2.05) is 29.8 Å². The Labute approximate surface area is 130 Å². The lowest BCUT2D eigenvalue weighted by molar-refractivity contribution is -0.118. The van der Waals surface area contributed by atoms with Crippen LogP contribution in [0.25, 0.3) is 0 Å². The number of rotatable bonds is 4. The highest BCUT2D eigenvalue weighted by Gasteiger charge is 2.34. The Morgan fingerprint density at radius 2 is 2.00 bits per heavy atom. The molecular weight excluding hydrogens is 276 g/mol. The summed E-state index contributed by atoms with van der Waals surface area (Å²) in [5.41, 5.74) is 4.46. The third-order valence-electron chi connectivity index (χ3n) is 4.25. The van der Waals surface area contributed by atoms with Crippen LogP contribution in [-0.2, 0) is 17.9 Å². The van der Waals surface area contributed by atoms with Crippen LogP contribution in [0.3, 0.4) is 0 Å². The van der Waals surface area contributed by atoms with Crippen LogP contribution in [0, 0.1) is 13.8 Å². The maximum Gasteiger partial charge on any atom is 0.235 e. The van der Waals surface area contributed by atoms with Crippen molar-refractivity contribution in [2.24, 2.45) is 0 Å². The second kappa shape index (κ2) is 5.93. The zero-order chi connectivity index (χ0) is 15.7. The molecule has 116 valence electrons. The number of nitrogens with zero attached hydrogens (tertiary/aromatic N) is 3. The maximum atomic E-state index is 11.9. The summed E-state index contributed by atoms with van der Waals surface area (Å²) < 4.78 is 2.00. The predicted molar refractivity (Wildman–Crippen MR) is 85.1 cm³/mol. The molecule has 1 atom stereocenters. The second-order valence-electron chi connectivity index (χ2n) is 5.76. The van der Waals surface area contributed by atoms with Crippen LogP contribution in [0.15, 0.2) is 30.3 Å². The molecule has 1 aliphatic heterocycles. The van der Waals surface area contributed by atoms with Crippen molar-refractivity contribution in [2.45, 2.75) is 40.0 Å². The van der Waals surface area contributed by atoms with Gasteiger partial charge in [-0.2, -0.15) is 5.10 Å². The zero-order valence-electron chi connectivity index (χ0n) is 13.3. The normalized spacial score (nSPS) is 18.7. The van der Waals surface area contributed by atoms with Gasteiger partial charge in [-0.15, -0.1) is 0 Å². The van der Waals surface area contributed by atoms with Crippen molar-refractivity contribution in [1.29, 1.82) is 0 Å². The highest BCUT2D eigenvalue weighted by atomic mass is 16.2. The third-order valence-corrected chi connectivity index (χ3v) is 4.25. The number of carbonyl (C=O) groups is 1. The van der Waals surface area contributed by atoms with E-state index in [-0.39, 0.29) is 12.1 Å². The monoisotopic (exact) mass is 298 g/mol. The van der Waals surface area contributed by atoms with Gasteiger partial charge in [0.1, 0.15) is 6.17 Å². The number of benzene rings is 1. The van der Waals surface area contributed by atoms with Crippen LogP contribution in [0.1, 0.15) is 35.6 Å². The van der Waals surface area contributed by atoms with Gasteiger partial charge in [0.15, 0.2) is 0 Å². The molecule has 22 heavy (non-hydrogen) atoms. The fourth-order valence-electron chi connectivity index (χ4n) is 3.20. The van der Waals surface area contributed by atoms with Gasteiger partial charge in [0.25, 0.3) is 0 Å². The Bertz CT molecular complexity index is 677. The van der Waals surface area contributed by atoms with E-state index < -0.39 is 0 Å². The molecule has 0 radical (unpaired) electrons. The van der Waals surface area contributed by atoms with Crippen LogP contribution in [0.5, 0.6) is 0 Å². The largest absolute Gasteiger partial charge is 0.335 e. The van der Waals surface area contributed by atoms with E-state index in [1.165, 1.54) is 5.56 Å². The topological polar surface area (TPSA) is 50.2 Å². The van der Waals surface area contributed by atoms with Gasteiger partial charge < -0.3 is 5.32 Å². The van der Waals surface area contributed by atoms with Gasteiger partial charge in [-0.3, -0.25) is 14.4 Å². The lowest BCUT2D eigenvalue weighted by atomic mass is 10.1. The molecular formula is C17H22N4O. The molecule has 1 aromatic heterocycles. The van der Waals surface area contributed by atoms with Gasteiger partial charge in [0.05, 0.1) is 12.2 Å². The van der Waals surface area contributed by atoms with Crippen molar-refractivity contribution in [3.05, 3.63) is 52.8 Å². The minimum absolute atomic E-state index is 0.0731. The Morgan fingerprint density at radius 3 is 2.64 bits per heavy atom. The van der Waals surface area contributed by atoms with Gasteiger partial charge in [-0.05, 0) is 26.3 Å². The molecule has 0 spiro atoms. The summed E-state index contributed by atoms with van der Waals surface area (Å²) in [6.07, 6.45) is -0.0898. The maximum absolute atomic E-state index is 11.9. The Balaban J connectivity index is 1.91. The van der Waals surface area contributed by atoms with Crippen molar-refractivity contribution in [1.82, 2.24) is 20.0 Å². The number of aryl methyl sites for hydroxylation is 2. The highest BCUT2D eigenvalue weighted by Crippen LogP contribution is 2.29. The Hall–Kier alpha value is -2.14. The number of nitrogens with one attached hydrogen (secondary N) is 1. The Kier molecular flexibility index (Phi) is 3.98. The number of hydrogen-bond acceptors (Lipinski definition) is 3. The van der Waals surface area contributed by atoms with E-state index >= 15 is 0 Å². The van der Waals surface area contributed by atoms with Gasteiger partial charge in [-0.1, -0.05) is 30.3 Å². The standard InChI is InChI=1S/C17H22N4O/c1-4-21-13(3)16(12(2)19-21)17-18-15(22)11-20(17)10-14-8-6-5-7-9-14/h5-9,17H,4,10-11H2,1-3H3,(H,18,22)/t17-/m0/s1. The first kappa shape index (κ1) is 14.8. The van der Waals surface area contributed by atoms with Crippen molar-refractivity contribution >= 4 is 5.91 Å². The van der Waals surface area contributed by atoms with E-state index in [0.717, 1.165) is 30.0 Å². The van der Waals surface area contributed by atoms with Gasteiger partial charge in [0, 0.05) is 24.3 Å². The summed E-state index contributed by atoms with van der Waals surface area (Å²) in [6.45, 7) is 8.18. The summed E-state index contributed by atoms with van der Waals surface area (Å²) in [5.74, 6) is 0.0731. The molecule has 1 N–H and O–H groups in total. The predicted octanol–water partition coefficient (Wildman–Crippen LogP) is 2.15. The van der Waals surface area contributed by atoms with Crippen LogP contribution in [0.4, 0.5) is 0 Å². The molecule has 0 saturated carbocycles. The van der Waals surface area contributed by atoms with Crippen LogP contribution in [-0.4, -0.2) is 27.1 Å². The highest BCUT2D eigenvalue weighted by molar-refractivity contribution is 5.80. The average molecular weight is 298 g/mol. The van der Waals surface area contributed by atoms with E-state index in [1.54, 1.807) is 0 Å². The third kappa shape index (κ3) is 2.64. The van der Waals surface area contributed by atoms with E-state index in [2.05, 4.69) is 41.3 Å². The average Bonchev–Trinajstić information content (AvgIpc) is 2.99. The minimum Gasteiger partial charge on any atom is -0.335 e. The molecule has 3 rings (SSSR count). The first-order valence-electron chi connectivity index (χ1n) is 7.71. The van der Waals surface area contributed by atoms with Crippen LogP contribution in [0.2, 0.25) is 0 Å². The summed E-state index contributed by atoms with van der Waals surface area (Å²) in [6, 6.07) is 10.3. The smallest absolute Gasteiger partial charge is 0.235 e. The molecule has 0 aliphatic carbocycles. The van der Waals surface area contributed by atoms with Gasteiger partial charge in [-0.25, -0.2) is 0 Å². The quantitative estimate of drug-likeness (QED) is 0.941. The minimum atomic E-state index is -0.0898. The van der Waals surface area contributed by atoms with Crippen molar-refractivity contribution < 1.29 is 4.79 Å². The van der Waals surface area contributed by atoms with E-state index in [0.29, 0.717) is 6.54 Å². The fraction of sp³-hybridized carbons (Fsp3) is 0.412.